The average molecular weight is 247 g/mol. The van der Waals surface area contributed by atoms with Crippen LogP contribution in [0.1, 0.15) is 46.1 Å². The van der Waals surface area contributed by atoms with Gasteiger partial charge in [-0.05, 0) is 44.4 Å². The lowest BCUT2D eigenvalue weighted by molar-refractivity contribution is 0.514. The van der Waals surface area contributed by atoms with E-state index in [-0.39, 0.29) is 5.54 Å². The summed E-state index contributed by atoms with van der Waals surface area (Å²) in [6, 6.07) is 4.84. The quantitative estimate of drug-likeness (QED) is 0.886. The van der Waals surface area contributed by atoms with Crippen LogP contribution in [0, 0.1) is 0 Å². The van der Waals surface area contributed by atoms with E-state index in [2.05, 4.69) is 55.0 Å². The molecule has 0 radical (unpaired) electrons. The number of nitrogens with zero attached hydrogens (tertiary/aromatic N) is 2. The van der Waals surface area contributed by atoms with Crippen LogP contribution in [0.2, 0.25) is 0 Å². The molecule has 1 N–H and O–H groups in total. The summed E-state index contributed by atoms with van der Waals surface area (Å²) in [5.41, 5.74) is 1.56. The molecule has 100 valence electrons. The van der Waals surface area contributed by atoms with Gasteiger partial charge in [0.05, 0.1) is 0 Å². The first-order valence-corrected chi connectivity index (χ1v) is 6.95. The van der Waals surface area contributed by atoms with Crippen molar-refractivity contribution in [2.24, 2.45) is 0 Å². The third kappa shape index (κ3) is 3.02. The van der Waals surface area contributed by atoms with Crippen LogP contribution in [0.25, 0.3) is 0 Å². The van der Waals surface area contributed by atoms with E-state index in [1.807, 2.05) is 6.20 Å². The van der Waals surface area contributed by atoms with Crippen molar-refractivity contribution < 1.29 is 0 Å². The second kappa shape index (κ2) is 5.27. The molecule has 2 rings (SSSR count). The van der Waals surface area contributed by atoms with Crippen LogP contribution in [-0.2, 0) is 6.54 Å². The number of anilines is 1. The smallest absolute Gasteiger partial charge is 0.129 e. The van der Waals surface area contributed by atoms with Crippen molar-refractivity contribution >= 4 is 5.82 Å². The van der Waals surface area contributed by atoms with Crippen LogP contribution in [0.3, 0.4) is 0 Å². The van der Waals surface area contributed by atoms with Gasteiger partial charge in [-0.25, -0.2) is 4.98 Å². The molecule has 2 heterocycles. The molecule has 18 heavy (non-hydrogen) atoms. The van der Waals surface area contributed by atoms with Gasteiger partial charge in [0, 0.05) is 30.9 Å². The molecule has 0 atom stereocenters. The Morgan fingerprint density at radius 3 is 2.83 bits per heavy atom. The van der Waals surface area contributed by atoms with Crippen LogP contribution >= 0.6 is 0 Å². The molecule has 3 nitrogen and oxygen atoms in total. The number of hydrogen-bond acceptors (Lipinski definition) is 3. The largest absolute Gasteiger partial charge is 0.351 e. The minimum absolute atomic E-state index is 0.247. The third-order valence-corrected chi connectivity index (χ3v) is 3.70. The number of rotatable bonds is 4. The maximum absolute atomic E-state index is 4.54. The van der Waals surface area contributed by atoms with Gasteiger partial charge in [-0.2, -0.15) is 0 Å². The summed E-state index contributed by atoms with van der Waals surface area (Å²) in [4.78, 5) is 6.98. The second-order valence-electron chi connectivity index (χ2n) is 6.13. The number of pyridine rings is 1. The Morgan fingerprint density at radius 2 is 2.22 bits per heavy atom. The van der Waals surface area contributed by atoms with Gasteiger partial charge in [0.1, 0.15) is 5.82 Å². The van der Waals surface area contributed by atoms with Gasteiger partial charge < -0.3 is 10.2 Å². The summed E-state index contributed by atoms with van der Waals surface area (Å²) in [6.45, 7) is 11.0. The average Bonchev–Trinajstić information content (AvgIpc) is 2.67. The molecule has 1 aromatic rings. The van der Waals surface area contributed by atoms with Gasteiger partial charge in [0.25, 0.3) is 0 Å². The summed E-state index contributed by atoms with van der Waals surface area (Å²) >= 11 is 0. The van der Waals surface area contributed by atoms with Gasteiger partial charge >= 0.3 is 0 Å². The van der Waals surface area contributed by atoms with Crippen molar-refractivity contribution in [3.63, 3.8) is 0 Å². The van der Waals surface area contributed by atoms with Gasteiger partial charge in [-0.15, -0.1) is 0 Å². The van der Waals surface area contributed by atoms with Gasteiger partial charge in [-0.3, -0.25) is 0 Å². The number of aromatic nitrogens is 1. The zero-order valence-electron chi connectivity index (χ0n) is 12.0. The Morgan fingerprint density at radius 1 is 1.44 bits per heavy atom. The monoisotopic (exact) mass is 247 g/mol. The summed E-state index contributed by atoms with van der Waals surface area (Å²) in [5, 5.41) is 3.45. The highest BCUT2D eigenvalue weighted by molar-refractivity contribution is 5.45. The van der Waals surface area contributed by atoms with Crippen LogP contribution in [0.5, 0.6) is 0 Å². The van der Waals surface area contributed by atoms with Crippen molar-refractivity contribution in [3.05, 3.63) is 23.9 Å². The van der Waals surface area contributed by atoms with Crippen molar-refractivity contribution in [2.75, 3.05) is 11.4 Å². The van der Waals surface area contributed by atoms with Crippen LogP contribution < -0.4 is 10.2 Å². The summed E-state index contributed by atoms with van der Waals surface area (Å²) in [7, 11) is 0. The van der Waals surface area contributed by atoms with Crippen molar-refractivity contribution in [1.29, 1.82) is 0 Å². The van der Waals surface area contributed by atoms with Crippen LogP contribution in [-0.4, -0.2) is 23.1 Å². The summed E-state index contributed by atoms with van der Waals surface area (Å²) in [6.07, 6.45) is 4.45. The van der Waals surface area contributed by atoms with Gasteiger partial charge in [-0.1, -0.05) is 13.8 Å². The standard InChI is InChI=1S/C15H25N3/c1-12(2)17-11-13-6-8-16-14(10-13)18-9-5-7-15(18,3)4/h6,8,10,12,17H,5,7,9,11H2,1-4H3. The number of nitrogens with one attached hydrogen (secondary N) is 1. The molecular formula is C15H25N3. The van der Waals surface area contributed by atoms with E-state index in [0.717, 1.165) is 18.9 Å². The fourth-order valence-electron chi connectivity index (χ4n) is 2.57. The van der Waals surface area contributed by atoms with Crippen LogP contribution in [0.15, 0.2) is 18.3 Å². The SMILES string of the molecule is CC(C)NCc1ccnc(N2CCCC2(C)C)c1. The molecule has 0 saturated carbocycles. The first-order chi connectivity index (χ1) is 8.49. The maximum atomic E-state index is 4.54. The Bertz CT molecular complexity index is 398. The van der Waals surface area contributed by atoms with E-state index in [0.29, 0.717) is 6.04 Å². The molecule has 1 aromatic heterocycles. The fourth-order valence-corrected chi connectivity index (χ4v) is 2.57. The lowest BCUT2D eigenvalue weighted by Crippen LogP contribution is -2.38. The van der Waals surface area contributed by atoms with E-state index < -0.39 is 0 Å². The Labute approximate surface area is 111 Å². The summed E-state index contributed by atoms with van der Waals surface area (Å²) in [5.74, 6) is 1.13. The molecule has 0 unspecified atom stereocenters. The predicted octanol–water partition coefficient (Wildman–Crippen LogP) is 2.96. The second-order valence-corrected chi connectivity index (χ2v) is 6.13. The van der Waals surface area contributed by atoms with E-state index in [9.17, 15) is 0 Å². The van der Waals surface area contributed by atoms with Crippen molar-refractivity contribution in [2.45, 2.75) is 58.7 Å². The normalized spacial score (nSPS) is 18.6. The highest BCUT2D eigenvalue weighted by Crippen LogP contribution is 2.32. The molecule has 0 aromatic carbocycles. The van der Waals surface area contributed by atoms with E-state index in [1.54, 1.807) is 0 Å². The minimum atomic E-state index is 0.247. The Kier molecular flexibility index (Phi) is 3.91. The molecule has 1 aliphatic heterocycles. The van der Waals surface area contributed by atoms with E-state index >= 15 is 0 Å². The molecule has 0 aliphatic carbocycles. The first kappa shape index (κ1) is 13.3. The third-order valence-electron chi connectivity index (χ3n) is 3.70. The maximum Gasteiger partial charge on any atom is 0.129 e. The van der Waals surface area contributed by atoms with Gasteiger partial charge in [0.15, 0.2) is 0 Å². The van der Waals surface area contributed by atoms with E-state index in [1.165, 1.54) is 18.4 Å². The lowest BCUT2D eigenvalue weighted by Gasteiger charge is -2.32. The van der Waals surface area contributed by atoms with Gasteiger partial charge in [0.2, 0.25) is 0 Å². The molecule has 1 fully saturated rings. The lowest BCUT2D eigenvalue weighted by atomic mass is 10.0. The van der Waals surface area contributed by atoms with Crippen molar-refractivity contribution in [1.82, 2.24) is 10.3 Å². The topological polar surface area (TPSA) is 28.2 Å². The molecule has 0 amide bonds. The minimum Gasteiger partial charge on any atom is -0.351 e. The molecule has 1 saturated heterocycles. The highest BCUT2D eigenvalue weighted by atomic mass is 15.3. The Balaban J connectivity index is 2.12. The first-order valence-electron chi connectivity index (χ1n) is 6.95. The number of hydrogen-bond donors (Lipinski definition) is 1. The molecule has 0 bridgehead atoms. The van der Waals surface area contributed by atoms with Crippen molar-refractivity contribution in [3.8, 4) is 0 Å². The highest BCUT2D eigenvalue weighted by Gasteiger charge is 2.32. The van der Waals surface area contributed by atoms with Crippen LogP contribution in [0.4, 0.5) is 5.82 Å². The zero-order valence-corrected chi connectivity index (χ0v) is 12.0. The Hall–Kier alpha value is -1.09. The van der Waals surface area contributed by atoms with E-state index in [4.69, 9.17) is 0 Å². The fraction of sp³-hybridized carbons (Fsp3) is 0.667. The molecule has 1 aliphatic rings. The summed E-state index contributed by atoms with van der Waals surface area (Å²) < 4.78 is 0. The molecule has 3 heteroatoms. The predicted molar refractivity (Wildman–Crippen MR) is 76.9 cm³/mol. The zero-order chi connectivity index (χ0) is 13.2. The molecule has 0 spiro atoms. The molecular weight excluding hydrogens is 222 g/mol.